The SMILES string of the molecule is CCCc1ccccc1NCc1ccc(C)cc1C. The first-order valence-electron chi connectivity index (χ1n) is 7.08. The zero-order valence-electron chi connectivity index (χ0n) is 12.2. The van der Waals surface area contributed by atoms with Crippen LogP contribution in [0.3, 0.4) is 0 Å². The average molecular weight is 253 g/mol. The van der Waals surface area contributed by atoms with E-state index in [4.69, 9.17) is 0 Å². The van der Waals surface area contributed by atoms with Crippen LogP contribution in [0.5, 0.6) is 0 Å². The molecule has 19 heavy (non-hydrogen) atoms. The molecule has 100 valence electrons. The van der Waals surface area contributed by atoms with Crippen LogP contribution in [-0.2, 0) is 13.0 Å². The third kappa shape index (κ3) is 3.60. The van der Waals surface area contributed by atoms with Gasteiger partial charge in [0.2, 0.25) is 0 Å². The molecule has 0 atom stereocenters. The first-order chi connectivity index (χ1) is 9.20. The van der Waals surface area contributed by atoms with Crippen LogP contribution >= 0.6 is 0 Å². The second-order valence-electron chi connectivity index (χ2n) is 5.19. The number of benzene rings is 2. The summed E-state index contributed by atoms with van der Waals surface area (Å²) in [5.41, 5.74) is 6.74. The summed E-state index contributed by atoms with van der Waals surface area (Å²) < 4.78 is 0. The fourth-order valence-electron chi connectivity index (χ4n) is 2.41. The van der Waals surface area contributed by atoms with E-state index in [0.717, 1.165) is 13.0 Å². The van der Waals surface area contributed by atoms with Gasteiger partial charge in [0.15, 0.2) is 0 Å². The van der Waals surface area contributed by atoms with E-state index in [2.05, 4.69) is 68.6 Å². The molecule has 0 spiro atoms. The smallest absolute Gasteiger partial charge is 0.0403 e. The first kappa shape index (κ1) is 13.7. The maximum atomic E-state index is 3.57. The molecule has 0 amide bonds. The lowest BCUT2D eigenvalue weighted by Crippen LogP contribution is -2.04. The van der Waals surface area contributed by atoms with Crippen molar-refractivity contribution < 1.29 is 0 Å². The highest BCUT2D eigenvalue weighted by molar-refractivity contribution is 5.51. The van der Waals surface area contributed by atoms with E-state index in [-0.39, 0.29) is 0 Å². The Hall–Kier alpha value is -1.76. The van der Waals surface area contributed by atoms with Crippen LogP contribution in [-0.4, -0.2) is 0 Å². The normalized spacial score (nSPS) is 10.5. The lowest BCUT2D eigenvalue weighted by Gasteiger charge is -2.13. The van der Waals surface area contributed by atoms with Crippen molar-refractivity contribution >= 4 is 5.69 Å². The van der Waals surface area contributed by atoms with Gasteiger partial charge in [0, 0.05) is 12.2 Å². The summed E-state index contributed by atoms with van der Waals surface area (Å²) in [6, 6.07) is 15.3. The first-order valence-corrected chi connectivity index (χ1v) is 7.08. The Labute approximate surface area is 116 Å². The minimum atomic E-state index is 0.896. The minimum absolute atomic E-state index is 0.896. The summed E-state index contributed by atoms with van der Waals surface area (Å²) in [4.78, 5) is 0. The molecule has 2 aromatic rings. The highest BCUT2D eigenvalue weighted by Gasteiger charge is 2.02. The number of hydrogen-bond acceptors (Lipinski definition) is 1. The van der Waals surface area contributed by atoms with Crippen molar-refractivity contribution in [2.24, 2.45) is 0 Å². The molecule has 1 N–H and O–H groups in total. The van der Waals surface area contributed by atoms with Gasteiger partial charge in [0.05, 0.1) is 0 Å². The molecule has 0 saturated heterocycles. The number of aryl methyl sites for hydroxylation is 3. The van der Waals surface area contributed by atoms with Crippen LogP contribution in [0.4, 0.5) is 5.69 Å². The van der Waals surface area contributed by atoms with Gasteiger partial charge in [0.1, 0.15) is 0 Å². The fourth-order valence-corrected chi connectivity index (χ4v) is 2.41. The van der Waals surface area contributed by atoms with Crippen LogP contribution < -0.4 is 5.32 Å². The lowest BCUT2D eigenvalue weighted by molar-refractivity contribution is 0.919. The van der Waals surface area contributed by atoms with Gasteiger partial charge in [-0.25, -0.2) is 0 Å². The topological polar surface area (TPSA) is 12.0 Å². The summed E-state index contributed by atoms with van der Waals surface area (Å²) >= 11 is 0. The van der Waals surface area contributed by atoms with Gasteiger partial charge in [-0.1, -0.05) is 55.3 Å². The third-order valence-corrected chi connectivity index (χ3v) is 3.50. The number of nitrogens with one attached hydrogen (secondary N) is 1. The average Bonchev–Trinajstić information content (AvgIpc) is 2.40. The van der Waals surface area contributed by atoms with Crippen LogP contribution in [0.2, 0.25) is 0 Å². The lowest BCUT2D eigenvalue weighted by atomic mass is 10.0. The summed E-state index contributed by atoms with van der Waals surface area (Å²) in [5, 5.41) is 3.57. The quantitative estimate of drug-likeness (QED) is 0.801. The maximum Gasteiger partial charge on any atom is 0.0403 e. The zero-order chi connectivity index (χ0) is 13.7. The van der Waals surface area contributed by atoms with E-state index in [9.17, 15) is 0 Å². The van der Waals surface area contributed by atoms with Crippen molar-refractivity contribution in [1.82, 2.24) is 0 Å². The van der Waals surface area contributed by atoms with Crippen molar-refractivity contribution in [2.45, 2.75) is 40.2 Å². The molecule has 0 aromatic heterocycles. The van der Waals surface area contributed by atoms with E-state index >= 15 is 0 Å². The van der Waals surface area contributed by atoms with E-state index < -0.39 is 0 Å². The molecule has 2 aromatic carbocycles. The third-order valence-electron chi connectivity index (χ3n) is 3.50. The van der Waals surface area contributed by atoms with Crippen molar-refractivity contribution in [3.8, 4) is 0 Å². The van der Waals surface area contributed by atoms with Gasteiger partial charge in [-0.2, -0.15) is 0 Å². The van der Waals surface area contributed by atoms with Crippen molar-refractivity contribution in [1.29, 1.82) is 0 Å². The van der Waals surface area contributed by atoms with Crippen molar-refractivity contribution in [3.05, 3.63) is 64.7 Å². The summed E-state index contributed by atoms with van der Waals surface area (Å²) in [7, 11) is 0. The largest absolute Gasteiger partial charge is 0.381 e. The molecule has 0 saturated carbocycles. The predicted octanol–water partition coefficient (Wildman–Crippen LogP) is 4.87. The Kier molecular flexibility index (Phi) is 4.62. The Balaban J connectivity index is 2.10. The summed E-state index contributed by atoms with van der Waals surface area (Å²) in [6.07, 6.45) is 2.32. The monoisotopic (exact) mass is 253 g/mol. The summed E-state index contributed by atoms with van der Waals surface area (Å²) in [5.74, 6) is 0. The molecule has 1 heteroatoms. The Morgan fingerprint density at radius 2 is 1.74 bits per heavy atom. The van der Waals surface area contributed by atoms with Crippen molar-refractivity contribution in [3.63, 3.8) is 0 Å². The molecule has 0 aliphatic rings. The number of para-hydroxylation sites is 1. The van der Waals surface area contributed by atoms with E-state index in [1.807, 2.05) is 0 Å². The maximum absolute atomic E-state index is 3.57. The second kappa shape index (κ2) is 6.42. The molecule has 0 unspecified atom stereocenters. The van der Waals surface area contributed by atoms with Crippen LogP contribution in [0.15, 0.2) is 42.5 Å². The minimum Gasteiger partial charge on any atom is -0.381 e. The molecular formula is C18H23N. The summed E-state index contributed by atoms with van der Waals surface area (Å²) in [6.45, 7) is 7.44. The fraction of sp³-hybridized carbons (Fsp3) is 0.333. The molecule has 2 rings (SSSR count). The van der Waals surface area contributed by atoms with E-state index in [0.29, 0.717) is 0 Å². The standard InChI is InChI=1S/C18H23N/c1-4-7-16-8-5-6-9-18(16)19-13-17-11-10-14(2)12-15(17)3/h5-6,8-12,19H,4,7,13H2,1-3H3. The van der Waals surface area contributed by atoms with Crippen LogP contribution in [0, 0.1) is 13.8 Å². The molecule has 0 aliphatic heterocycles. The molecule has 0 radical (unpaired) electrons. The van der Waals surface area contributed by atoms with E-state index in [1.165, 1.54) is 34.4 Å². The van der Waals surface area contributed by atoms with Crippen molar-refractivity contribution in [2.75, 3.05) is 5.32 Å². The molecule has 0 heterocycles. The molecule has 1 nitrogen and oxygen atoms in total. The number of anilines is 1. The molecule has 0 aliphatic carbocycles. The second-order valence-corrected chi connectivity index (χ2v) is 5.19. The number of hydrogen-bond donors (Lipinski definition) is 1. The highest BCUT2D eigenvalue weighted by Crippen LogP contribution is 2.19. The Morgan fingerprint density at radius 1 is 0.947 bits per heavy atom. The molecular weight excluding hydrogens is 230 g/mol. The van der Waals surface area contributed by atoms with Gasteiger partial charge >= 0.3 is 0 Å². The van der Waals surface area contributed by atoms with Gasteiger partial charge in [-0.15, -0.1) is 0 Å². The van der Waals surface area contributed by atoms with Gasteiger partial charge < -0.3 is 5.32 Å². The van der Waals surface area contributed by atoms with E-state index in [1.54, 1.807) is 0 Å². The van der Waals surface area contributed by atoms with Gasteiger partial charge in [0.25, 0.3) is 0 Å². The molecule has 0 fully saturated rings. The van der Waals surface area contributed by atoms with Crippen LogP contribution in [0.1, 0.15) is 35.6 Å². The molecule has 0 bridgehead atoms. The zero-order valence-corrected chi connectivity index (χ0v) is 12.2. The Morgan fingerprint density at radius 3 is 2.47 bits per heavy atom. The van der Waals surface area contributed by atoms with Crippen LogP contribution in [0.25, 0.3) is 0 Å². The number of rotatable bonds is 5. The highest BCUT2D eigenvalue weighted by atomic mass is 14.9. The predicted molar refractivity (Wildman–Crippen MR) is 83.7 cm³/mol. The Bertz CT molecular complexity index is 543. The van der Waals surface area contributed by atoms with Gasteiger partial charge in [-0.05, 0) is 43.0 Å². The van der Waals surface area contributed by atoms with Gasteiger partial charge in [-0.3, -0.25) is 0 Å².